The van der Waals surface area contributed by atoms with Crippen LogP contribution in [-0.4, -0.2) is 37.1 Å². The Kier molecular flexibility index (Phi) is 6.94. The Morgan fingerprint density at radius 1 is 0.889 bits per heavy atom. The minimum Gasteiger partial charge on any atom is -0.493 e. The predicted octanol–water partition coefficient (Wildman–Crippen LogP) is 1.21. The van der Waals surface area contributed by atoms with E-state index in [2.05, 4.69) is 10.9 Å². The lowest BCUT2D eigenvalue weighted by atomic mass is 10.3. The van der Waals surface area contributed by atoms with Crippen LogP contribution in [0.5, 0.6) is 17.2 Å². The van der Waals surface area contributed by atoms with Gasteiger partial charge in [-0.15, -0.1) is 0 Å². The standard InChI is InChI=1S/C17H17N3O7/c1-25-14-8-4-5-9-15(14)27-11-17(22)19-18-16(21)10-26-13-7-3-2-6-12(13)20(23)24/h2-9H,10-11H2,1H3,(H,18,21)(H,19,22). The second-order valence-electron chi connectivity index (χ2n) is 5.05. The van der Waals surface area contributed by atoms with Crippen LogP contribution < -0.4 is 25.1 Å². The van der Waals surface area contributed by atoms with E-state index in [1.165, 1.54) is 31.4 Å². The highest BCUT2D eigenvalue weighted by Crippen LogP contribution is 2.26. The number of hydrazine groups is 1. The molecule has 10 nitrogen and oxygen atoms in total. The fraction of sp³-hybridized carbons (Fsp3) is 0.176. The molecule has 0 saturated carbocycles. The number of rotatable bonds is 8. The third-order valence-corrected chi connectivity index (χ3v) is 3.19. The summed E-state index contributed by atoms with van der Waals surface area (Å²) in [6.07, 6.45) is 0. The molecule has 142 valence electrons. The molecule has 0 bridgehead atoms. The summed E-state index contributed by atoms with van der Waals surface area (Å²) in [5, 5.41) is 10.9. The quantitative estimate of drug-likeness (QED) is 0.524. The number of hydrogen-bond acceptors (Lipinski definition) is 7. The Bertz CT molecular complexity index is 826. The highest BCUT2D eigenvalue weighted by atomic mass is 16.6. The molecule has 27 heavy (non-hydrogen) atoms. The molecule has 0 heterocycles. The van der Waals surface area contributed by atoms with Gasteiger partial charge in [-0.2, -0.15) is 0 Å². The minimum atomic E-state index is -0.696. The first-order valence-corrected chi connectivity index (χ1v) is 7.71. The van der Waals surface area contributed by atoms with Gasteiger partial charge in [-0.3, -0.25) is 30.6 Å². The van der Waals surface area contributed by atoms with Crippen molar-refractivity contribution >= 4 is 17.5 Å². The normalized spacial score (nSPS) is 9.81. The summed E-state index contributed by atoms with van der Waals surface area (Å²) in [6.45, 7) is -0.871. The molecule has 0 fully saturated rings. The average Bonchev–Trinajstić information content (AvgIpc) is 2.69. The van der Waals surface area contributed by atoms with Gasteiger partial charge in [0.25, 0.3) is 11.8 Å². The molecule has 0 saturated heterocycles. The van der Waals surface area contributed by atoms with Gasteiger partial charge in [0.05, 0.1) is 12.0 Å². The van der Waals surface area contributed by atoms with Crippen molar-refractivity contribution in [1.29, 1.82) is 0 Å². The number of nitrogens with zero attached hydrogens (tertiary/aromatic N) is 1. The van der Waals surface area contributed by atoms with E-state index < -0.39 is 23.3 Å². The molecule has 10 heteroatoms. The van der Waals surface area contributed by atoms with E-state index in [1.54, 1.807) is 24.3 Å². The maximum absolute atomic E-state index is 11.7. The molecule has 0 radical (unpaired) electrons. The summed E-state index contributed by atoms with van der Waals surface area (Å²) in [6, 6.07) is 12.4. The summed E-state index contributed by atoms with van der Waals surface area (Å²) in [4.78, 5) is 33.7. The first-order valence-electron chi connectivity index (χ1n) is 7.71. The monoisotopic (exact) mass is 375 g/mol. The molecule has 2 rings (SSSR count). The van der Waals surface area contributed by atoms with E-state index in [9.17, 15) is 19.7 Å². The van der Waals surface area contributed by atoms with E-state index in [1.807, 2.05) is 0 Å². The highest BCUT2D eigenvalue weighted by Gasteiger charge is 2.15. The Morgan fingerprint density at radius 2 is 1.37 bits per heavy atom. The van der Waals surface area contributed by atoms with Gasteiger partial charge in [0, 0.05) is 6.07 Å². The SMILES string of the molecule is COc1ccccc1OCC(=O)NNC(=O)COc1ccccc1[N+](=O)[O-]. The molecule has 0 aromatic heterocycles. The zero-order valence-corrected chi connectivity index (χ0v) is 14.3. The second kappa shape index (κ2) is 9.61. The Labute approximate surface area is 154 Å². The summed E-state index contributed by atoms with van der Waals surface area (Å²) in [5.74, 6) is -0.518. The molecular weight excluding hydrogens is 358 g/mol. The number of hydrogen-bond donors (Lipinski definition) is 2. The predicted molar refractivity (Wildman–Crippen MR) is 93.4 cm³/mol. The summed E-state index contributed by atoms with van der Waals surface area (Å²) < 4.78 is 15.5. The number of nitro benzene ring substituents is 1. The number of amides is 2. The third-order valence-electron chi connectivity index (χ3n) is 3.19. The lowest BCUT2D eigenvalue weighted by Crippen LogP contribution is -2.45. The van der Waals surface area contributed by atoms with Crippen molar-refractivity contribution in [2.75, 3.05) is 20.3 Å². The lowest BCUT2D eigenvalue weighted by Gasteiger charge is -2.11. The van der Waals surface area contributed by atoms with Crippen LogP contribution in [0.25, 0.3) is 0 Å². The van der Waals surface area contributed by atoms with Crippen LogP contribution in [0.1, 0.15) is 0 Å². The summed E-state index contributed by atoms with van der Waals surface area (Å²) >= 11 is 0. The van der Waals surface area contributed by atoms with Crippen molar-refractivity contribution < 1.29 is 28.7 Å². The van der Waals surface area contributed by atoms with Crippen molar-refractivity contribution in [3.05, 3.63) is 58.6 Å². The minimum absolute atomic E-state index is 0.0523. The fourth-order valence-corrected chi connectivity index (χ4v) is 1.97. The summed E-state index contributed by atoms with van der Waals surface area (Å²) in [7, 11) is 1.47. The third kappa shape index (κ3) is 5.88. The largest absolute Gasteiger partial charge is 0.493 e. The molecule has 0 aliphatic rings. The first-order chi connectivity index (χ1) is 13.0. The van der Waals surface area contributed by atoms with Crippen molar-refractivity contribution in [3.63, 3.8) is 0 Å². The van der Waals surface area contributed by atoms with E-state index in [0.717, 1.165) is 0 Å². The van der Waals surface area contributed by atoms with Crippen LogP contribution in [-0.2, 0) is 9.59 Å². The van der Waals surface area contributed by atoms with Crippen molar-refractivity contribution in [3.8, 4) is 17.2 Å². The van der Waals surface area contributed by atoms with Crippen LogP contribution in [0, 0.1) is 10.1 Å². The van der Waals surface area contributed by atoms with Crippen molar-refractivity contribution in [2.24, 2.45) is 0 Å². The van der Waals surface area contributed by atoms with Gasteiger partial charge in [0.2, 0.25) is 0 Å². The maximum atomic E-state index is 11.7. The van der Waals surface area contributed by atoms with E-state index in [4.69, 9.17) is 14.2 Å². The number of carbonyl (C=O) groups is 2. The molecule has 2 N–H and O–H groups in total. The van der Waals surface area contributed by atoms with E-state index >= 15 is 0 Å². The van der Waals surface area contributed by atoms with Crippen molar-refractivity contribution in [1.82, 2.24) is 10.9 Å². The van der Waals surface area contributed by atoms with Gasteiger partial charge in [0.15, 0.2) is 30.5 Å². The lowest BCUT2D eigenvalue weighted by molar-refractivity contribution is -0.385. The van der Waals surface area contributed by atoms with E-state index in [0.29, 0.717) is 11.5 Å². The van der Waals surface area contributed by atoms with Crippen molar-refractivity contribution in [2.45, 2.75) is 0 Å². The van der Waals surface area contributed by atoms with Crippen LogP contribution in [0.3, 0.4) is 0 Å². The number of carbonyl (C=O) groups excluding carboxylic acids is 2. The topological polar surface area (TPSA) is 129 Å². The number of ether oxygens (including phenoxy) is 3. The molecule has 0 aliphatic carbocycles. The Balaban J connectivity index is 1.75. The molecule has 2 aromatic carbocycles. The van der Waals surface area contributed by atoms with Crippen LogP contribution in [0.2, 0.25) is 0 Å². The molecular formula is C17H17N3O7. The van der Waals surface area contributed by atoms with Crippen LogP contribution in [0.15, 0.2) is 48.5 Å². The molecule has 0 atom stereocenters. The number of para-hydroxylation sites is 4. The maximum Gasteiger partial charge on any atom is 0.310 e. The van der Waals surface area contributed by atoms with Gasteiger partial charge in [-0.25, -0.2) is 0 Å². The fourth-order valence-electron chi connectivity index (χ4n) is 1.97. The zero-order valence-electron chi connectivity index (χ0n) is 14.3. The van der Waals surface area contributed by atoms with Gasteiger partial charge < -0.3 is 14.2 Å². The van der Waals surface area contributed by atoms with Gasteiger partial charge in [0.1, 0.15) is 0 Å². The summed E-state index contributed by atoms with van der Waals surface area (Å²) in [5.41, 5.74) is 4.00. The average molecular weight is 375 g/mol. The number of nitrogens with one attached hydrogen (secondary N) is 2. The molecule has 2 aromatic rings. The molecule has 0 unspecified atom stereocenters. The number of methoxy groups -OCH3 is 1. The Morgan fingerprint density at radius 3 is 1.93 bits per heavy atom. The molecule has 0 spiro atoms. The molecule has 0 aliphatic heterocycles. The van der Waals surface area contributed by atoms with Crippen LogP contribution in [0.4, 0.5) is 5.69 Å². The smallest absolute Gasteiger partial charge is 0.310 e. The second-order valence-corrected chi connectivity index (χ2v) is 5.05. The van der Waals surface area contributed by atoms with Gasteiger partial charge >= 0.3 is 5.69 Å². The van der Waals surface area contributed by atoms with Crippen LogP contribution >= 0.6 is 0 Å². The van der Waals surface area contributed by atoms with Gasteiger partial charge in [-0.05, 0) is 18.2 Å². The van der Waals surface area contributed by atoms with E-state index in [-0.39, 0.29) is 18.0 Å². The number of nitro groups is 1. The van der Waals surface area contributed by atoms with Gasteiger partial charge in [-0.1, -0.05) is 24.3 Å². The zero-order chi connectivity index (χ0) is 19.6. The first kappa shape index (κ1) is 19.5. The highest BCUT2D eigenvalue weighted by molar-refractivity contribution is 5.83. The number of benzene rings is 2. The molecule has 2 amide bonds. The Hall–Kier alpha value is -3.82.